The normalized spacial score (nSPS) is 15.8. The zero-order valence-electron chi connectivity index (χ0n) is 11.0. The molecule has 0 fully saturated rings. The predicted molar refractivity (Wildman–Crippen MR) is 87.8 cm³/mol. The fourth-order valence-electron chi connectivity index (χ4n) is 2.68. The van der Waals surface area contributed by atoms with E-state index in [9.17, 15) is 4.79 Å². The number of rotatable bonds is 1. The summed E-state index contributed by atoms with van der Waals surface area (Å²) in [5, 5.41) is 5.29. The van der Waals surface area contributed by atoms with E-state index in [2.05, 4.69) is 22.5 Å². The molecule has 104 valence electrons. The molecule has 3 aromatic rings. The van der Waals surface area contributed by atoms with Crippen LogP contribution >= 0.6 is 22.9 Å². The van der Waals surface area contributed by atoms with Crippen LogP contribution in [0.25, 0.3) is 22.6 Å². The van der Waals surface area contributed by atoms with Crippen LogP contribution in [0.1, 0.15) is 17.8 Å². The highest BCUT2D eigenvalue weighted by atomic mass is 35.5. The fourth-order valence-corrected chi connectivity index (χ4v) is 3.47. The Hall–Kier alpha value is -1.91. The van der Waals surface area contributed by atoms with Gasteiger partial charge in [-0.05, 0) is 58.7 Å². The lowest BCUT2D eigenvalue weighted by molar-refractivity contribution is 0.725. The minimum atomic E-state index is -0.00813. The van der Waals surface area contributed by atoms with E-state index < -0.39 is 0 Å². The van der Waals surface area contributed by atoms with Gasteiger partial charge in [-0.2, -0.15) is 11.3 Å². The standard InChI is InChI=1S/C16H11ClN2OS/c17-12-1-2-14-13(8-12)16(20)19-5-3-11(15(19)18-14)7-10-4-6-21-9-10/h1-2,4,6-9H,3,5H2/b11-7+. The van der Waals surface area contributed by atoms with Gasteiger partial charge in [0.1, 0.15) is 5.82 Å². The van der Waals surface area contributed by atoms with Gasteiger partial charge in [-0.25, -0.2) is 4.98 Å². The third kappa shape index (κ3) is 2.11. The van der Waals surface area contributed by atoms with Gasteiger partial charge in [-0.1, -0.05) is 11.6 Å². The molecule has 3 heterocycles. The van der Waals surface area contributed by atoms with Crippen molar-refractivity contribution < 1.29 is 0 Å². The van der Waals surface area contributed by atoms with Crippen molar-refractivity contribution in [1.29, 1.82) is 0 Å². The summed E-state index contributed by atoms with van der Waals surface area (Å²) in [6.45, 7) is 0.680. The lowest BCUT2D eigenvalue weighted by atomic mass is 10.1. The lowest BCUT2D eigenvalue weighted by Crippen LogP contribution is -2.20. The summed E-state index contributed by atoms with van der Waals surface area (Å²) in [5.41, 5.74) is 2.97. The van der Waals surface area contributed by atoms with Gasteiger partial charge in [0, 0.05) is 11.6 Å². The maximum absolute atomic E-state index is 12.6. The first kappa shape index (κ1) is 12.8. The number of thiophene rings is 1. The molecule has 0 atom stereocenters. The minimum absolute atomic E-state index is 0.00813. The second kappa shape index (κ2) is 4.83. The van der Waals surface area contributed by atoms with E-state index in [1.54, 1.807) is 34.1 Å². The molecule has 0 amide bonds. The third-order valence-electron chi connectivity index (χ3n) is 3.69. The number of hydrogen-bond donors (Lipinski definition) is 0. The number of benzene rings is 1. The minimum Gasteiger partial charge on any atom is -0.292 e. The van der Waals surface area contributed by atoms with Crippen LogP contribution in [-0.2, 0) is 6.54 Å². The quantitative estimate of drug-likeness (QED) is 0.679. The van der Waals surface area contributed by atoms with Crippen molar-refractivity contribution in [2.75, 3.05) is 0 Å². The van der Waals surface area contributed by atoms with Gasteiger partial charge < -0.3 is 0 Å². The van der Waals surface area contributed by atoms with Crippen LogP contribution in [0.4, 0.5) is 0 Å². The first-order valence-corrected chi connectivity index (χ1v) is 7.98. The zero-order valence-corrected chi connectivity index (χ0v) is 12.6. The number of allylic oxidation sites excluding steroid dienone is 1. The van der Waals surface area contributed by atoms with Gasteiger partial charge in [0.2, 0.25) is 0 Å². The molecule has 0 aliphatic carbocycles. The van der Waals surface area contributed by atoms with Crippen molar-refractivity contribution in [3.8, 4) is 0 Å². The maximum Gasteiger partial charge on any atom is 0.261 e. The van der Waals surface area contributed by atoms with Crippen LogP contribution in [0.3, 0.4) is 0 Å². The Morgan fingerprint density at radius 1 is 1.33 bits per heavy atom. The summed E-state index contributed by atoms with van der Waals surface area (Å²) in [7, 11) is 0. The molecule has 1 aromatic carbocycles. The van der Waals surface area contributed by atoms with Crippen molar-refractivity contribution >= 4 is 45.5 Å². The van der Waals surface area contributed by atoms with Crippen molar-refractivity contribution in [2.45, 2.75) is 13.0 Å². The number of fused-ring (bicyclic) bond motifs is 2. The Kier molecular flexibility index (Phi) is 2.94. The fraction of sp³-hybridized carbons (Fsp3) is 0.125. The second-order valence-corrected chi connectivity index (χ2v) is 6.25. The summed E-state index contributed by atoms with van der Waals surface area (Å²) in [6.07, 6.45) is 2.95. The van der Waals surface area contributed by atoms with Gasteiger partial charge in [-0.3, -0.25) is 9.36 Å². The highest BCUT2D eigenvalue weighted by Crippen LogP contribution is 2.28. The first-order chi connectivity index (χ1) is 10.2. The Labute approximate surface area is 130 Å². The molecule has 1 aliphatic rings. The van der Waals surface area contributed by atoms with Crippen LogP contribution in [0, 0.1) is 0 Å². The summed E-state index contributed by atoms with van der Waals surface area (Å²) < 4.78 is 1.75. The smallest absolute Gasteiger partial charge is 0.261 e. The largest absolute Gasteiger partial charge is 0.292 e. The molecule has 0 saturated heterocycles. The van der Waals surface area contributed by atoms with Gasteiger partial charge in [-0.15, -0.1) is 0 Å². The van der Waals surface area contributed by atoms with Crippen LogP contribution in [0.15, 0.2) is 39.8 Å². The molecule has 4 rings (SSSR count). The second-order valence-electron chi connectivity index (χ2n) is 5.03. The highest BCUT2D eigenvalue weighted by Gasteiger charge is 2.20. The Bertz CT molecular complexity index is 925. The maximum atomic E-state index is 12.6. The van der Waals surface area contributed by atoms with Crippen LogP contribution in [0.5, 0.6) is 0 Å². The molecule has 0 saturated carbocycles. The van der Waals surface area contributed by atoms with E-state index >= 15 is 0 Å². The lowest BCUT2D eigenvalue weighted by Gasteiger charge is -2.05. The molecule has 0 spiro atoms. The van der Waals surface area contributed by atoms with E-state index in [-0.39, 0.29) is 5.56 Å². The number of aromatic nitrogens is 2. The average Bonchev–Trinajstić information content (AvgIpc) is 3.11. The zero-order chi connectivity index (χ0) is 14.4. The van der Waals surface area contributed by atoms with Crippen LogP contribution in [-0.4, -0.2) is 9.55 Å². The number of hydrogen-bond acceptors (Lipinski definition) is 3. The Morgan fingerprint density at radius 2 is 2.24 bits per heavy atom. The van der Waals surface area contributed by atoms with E-state index in [0.717, 1.165) is 23.4 Å². The molecule has 0 radical (unpaired) electrons. The molecule has 2 aromatic heterocycles. The van der Waals surface area contributed by atoms with Crippen LogP contribution < -0.4 is 5.56 Å². The molecule has 0 unspecified atom stereocenters. The molecule has 3 nitrogen and oxygen atoms in total. The van der Waals surface area contributed by atoms with E-state index in [4.69, 9.17) is 11.6 Å². The van der Waals surface area contributed by atoms with Gasteiger partial charge in [0.25, 0.3) is 5.56 Å². The number of halogens is 1. The average molecular weight is 315 g/mol. The molecule has 5 heteroatoms. The third-order valence-corrected chi connectivity index (χ3v) is 4.63. The summed E-state index contributed by atoms with van der Waals surface area (Å²) in [6, 6.07) is 7.34. The number of nitrogens with zero attached hydrogens (tertiary/aromatic N) is 2. The van der Waals surface area contributed by atoms with Crippen LogP contribution in [0.2, 0.25) is 5.02 Å². The van der Waals surface area contributed by atoms with Crippen molar-refractivity contribution in [1.82, 2.24) is 9.55 Å². The summed E-state index contributed by atoms with van der Waals surface area (Å²) in [4.78, 5) is 17.2. The monoisotopic (exact) mass is 314 g/mol. The molecular formula is C16H11ClN2OS. The van der Waals surface area contributed by atoms with Gasteiger partial charge >= 0.3 is 0 Å². The van der Waals surface area contributed by atoms with Gasteiger partial charge in [0.05, 0.1) is 10.9 Å². The SMILES string of the molecule is O=c1c2cc(Cl)ccc2nc2n1CC/C2=C\c1ccsc1. The highest BCUT2D eigenvalue weighted by molar-refractivity contribution is 7.08. The molecular weight excluding hydrogens is 304 g/mol. The molecule has 0 N–H and O–H groups in total. The Morgan fingerprint density at radius 3 is 3.05 bits per heavy atom. The summed E-state index contributed by atoms with van der Waals surface area (Å²) in [5.74, 6) is 0.779. The van der Waals surface area contributed by atoms with Crippen molar-refractivity contribution in [3.05, 3.63) is 61.8 Å². The van der Waals surface area contributed by atoms with E-state index in [1.165, 1.54) is 0 Å². The Balaban J connectivity index is 1.96. The molecule has 1 aliphatic heterocycles. The molecule has 21 heavy (non-hydrogen) atoms. The van der Waals surface area contributed by atoms with E-state index in [0.29, 0.717) is 22.5 Å². The summed E-state index contributed by atoms with van der Waals surface area (Å²) >= 11 is 7.64. The predicted octanol–water partition coefficient (Wildman–Crippen LogP) is 4.06. The van der Waals surface area contributed by atoms with Gasteiger partial charge in [0.15, 0.2) is 0 Å². The first-order valence-electron chi connectivity index (χ1n) is 6.65. The van der Waals surface area contributed by atoms with Crippen molar-refractivity contribution in [3.63, 3.8) is 0 Å². The topological polar surface area (TPSA) is 34.9 Å². The van der Waals surface area contributed by atoms with Crippen molar-refractivity contribution in [2.24, 2.45) is 0 Å². The van der Waals surface area contributed by atoms with E-state index in [1.807, 2.05) is 5.38 Å². The molecule has 0 bridgehead atoms.